The average molecular weight is 297 g/mol. The summed E-state index contributed by atoms with van der Waals surface area (Å²) in [6.07, 6.45) is 3.77. The number of rotatable bonds is 8. The topological polar surface area (TPSA) is 136 Å². The van der Waals surface area contributed by atoms with E-state index in [4.69, 9.17) is 5.11 Å². The van der Waals surface area contributed by atoms with Gasteiger partial charge in [0.1, 0.15) is 6.04 Å². The molecular weight excluding hydrogens is 278 g/mol. The van der Waals surface area contributed by atoms with E-state index < -0.39 is 18.0 Å². The van der Waals surface area contributed by atoms with E-state index in [2.05, 4.69) is 25.9 Å². The number of amides is 3. The molecule has 9 heteroatoms. The molecule has 1 aromatic heterocycles. The van der Waals surface area contributed by atoms with E-state index in [-0.39, 0.29) is 18.9 Å². The van der Waals surface area contributed by atoms with Gasteiger partial charge in [-0.05, 0) is 6.42 Å². The molecule has 0 aromatic carbocycles. The van der Waals surface area contributed by atoms with Gasteiger partial charge >= 0.3 is 12.0 Å². The van der Waals surface area contributed by atoms with Crippen molar-refractivity contribution in [2.75, 3.05) is 13.1 Å². The summed E-state index contributed by atoms with van der Waals surface area (Å²) in [5.74, 6) is -1.50. The highest BCUT2D eigenvalue weighted by Crippen LogP contribution is 1.98. The van der Waals surface area contributed by atoms with Gasteiger partial charge in [-0.2, -0.15) is 0 Å². The number of imidazole rings is 1. The molecule has 0 saturated heterocycles. The zero-order chi connectivity index (χ0) is 15.7. The summed E-state index contributed by atoms with van der Waals surface area (Å²) >= 11 is 0. The van der Waals surface area contributed by atoms with Crippen LogP contribution in [0.25, 0.3) is 0 Å². The average Bonchev–Trinajstić information content (AvgIpc) is 2.95. The number of carbonyl (C=O) groups is 3. The number of carboxylic acids is 1. The van der Waals surface area contributed by atoms with Crippen LogP contribution in [0.1, 0.15) is 19.0 Å². The number of nitrogens with one attached hydrogen (secondary N) is 4. The third-order valence-corrected chi connectivity index (χ3v) is 2.56. The second-order valence-electron chi connectivity index (χ2n) is 4.35. The van der Waals surface area contributed by atoms with Crippen molar-refractivity contribution in [2.45, 2.75) is 25.8 Å². The van der Waals surface area contributed by atoms with Crippen LogP contribution in [0.2, 0.25) is 0 Å². The minimum atomic E-state index is -1.17. The predicted octanol–water partition coefficient (Wildman–Crippen LogP) is -0.769. The Bertz CT molecular complexity index is 474. The van der Waals surface area contributed by atoms with Crippen molar-refractivity contribution in [3.63, 3.8) is 0 Å². The maximum absolute atomic E-state index is 11.6. The lowest BCUT2D eigenvalue weighted by Crippen LogP contribution is -2.49. The summed E-state index contributed by atoms with van der Waals surface area (Å²) in [4.78, 5) is 40.5. The second-order valence-corrected chi connectivity index (χ2v) is 4.35. The molecule has 0 aliphatic carbocycles. The van der Waals surface area contributed by atoms with Gasteiger partial charge in [-0.3, -0.25) is 4.79 Å². The fraction of sp³-hybridized carbons (Fsp3) is 0.500. The number of hydrogen-bond donors (Lipinski definition) is 5. The van der Waals surface area contributed by atoms with Gasteiger partial charge in [0, 0.05) is 24.9 Å². The maximum atomic E-state index is 11.6. The van der Waals surface area contributed by atoms with Gasteiger partial charge in [0.05, 0.1) is 12.9 Å². The quantitative estimate of drug-likeness (QED) is 0.429. The van der Waals surface area contributed by atoms with Crippen LogP contribution in [0, 0.1) is 0 Å². The third-order valence-electron chi connectivity index (χ3n) is 2.56. The maximum Gasteiger partial charge on any atom is 0.326 e. The lowest BCUT2D eigenvalue weighted by molar-refractivity contribution is -0.139. The lowest BCUT2D eigenvalue weighted by atomic mass is 10.2. The molecular formula is C12H19N5O4. The first-order valence-corrected chi connectivity index (χ1v) is 6.54. The smallest absolute Gasteiger partial charge is 0.326 e. The minimum Gasteiger partial charge on any atom is -0.480 e. The van der Waals surface area contributed by atoms with Crippen LogP contribution in [0.3, 0.4) is 0 Å². The number of nitrogens with zero attached hydrogens (tertiary/aromatic N) is 1. The second kappa shape index (κ2) is 8.56. The van der Waals surface area contributed by atoms with Gasteiger partial charge < -0.3 is 26.0 Å². The van der Waals surface area contributed by atoms with Crippen molar-refractivity contribution >= 4 is 17.9 Å². The van der Waals surface area contributed by atoms with Gasteiger partial charge in [-0.1, -0.05) is 6.92 Å². The highest BCUT2D eigenvalue weighted by Gasteiger charge is 2.21. The van der Waals surface area contributed by atoms with E-state index in [1.54, 1.807) is 0 Å². The van der Waals surface area contributed by atoms with Crippen LogP contribution in [0.4, 0.5) is 4.79 Å². The van der Waals surface area contributed by atoms with Gasteiger partial charge in [-0.25, -0.2) is 14.6 Å². The number of aliphatic carboxylic acids is 1. The Hall–Kier alpha value is -2.58. The molecule has 0 spiro atoms. The van der Waals surface area contributed by atoms with Crippen molar-refractivity contribution in [3.05, 3.63) is 18.2 Å². The number of carboxylic acid groups (broad SMARTS) is 1. The van der Waals surface area contributed by atoms with Gasteiger partial charge in [-0.15, -0.1) is 0 Å². The predicted molar refractivity (Wildman–Crippen MR) is 73.6 cm³/mol. The van der Waals surface area contributed by atoms with Gasteiger partial charge in [0.25, 0.3) is 0 Å². The Balaban J connectivity index is 2.39. The molecule has 0 bridgehead atoms. The SMILES string of the molecule is CCCNC(=O)CNC(=O)NC(Cc1cnc[nH]1)C(=O)O. The fourth-order valence-corrected chi connectivity index (χ4v) is 1.51. The van der Waals surface area contributed by atoms with Crippen molar-refractivity contribution < 1.29 is 19.5 Å². The standard InChI is InChI=1S/C12H19N5O4/c1-2-3-14-10(18)6-15-12(21)17-9(11(19)20)4-8-5-13-7-16-8/h5,7,9H,2-4,6H2,1H3,(H,13,16)(H,14,18)(H,19,20)(H2,15,17,21). The Labute approximate surface area is 121 Å². The van der Waals surface area contributed by atoms with Crippen LogP contribution in [0.5, 0.6) is 0 Å². The number of H-pyrrole nitrogens is 1. The molecule has 0 aliphatic rings. The molecule has 116 valence electrons. The summed E-state index contributed by atoms with van der Waals surface area (Å²) in [6, 6.07) is -1.82. The van der Waals surface area contributed by atoms with Crippen LogP contribution in [-0.4, -0.2) is 52.1 Å². The van der Waals surface area contributed by atoms with Crippen LogP contribution < -0.4 is 16.0 Å². The van der Waals surface area contributed by atoms with Crippen LogP contribution in [-0.2, 0) is 16.0 Å². The first kappa shape index (κ1) is 16.5. The summed E-state index contributed by atoms with van der Waals surface area (Å²) in [7, 11) is 0. The molecule has 3 amide bonds. The third kappa shape index (κ3) is 6.41. The number of aromatic nitrogens is 2. The largest absolute Gasteiger partial charge is 0.480 e. The number of carbonyl (C=O) groups excluding carboxylic acids is 2. The van der Waals surface area contributed by atoms with E-state index >= 15 is 0 Å². The van der Waals surface area contributed by atoms with Crippen LogP contribution in [0.15, 0.2) is 12.5 Å². The molecule has 1 rings (SSSR count). The van der Waals surface area contributed by atoms with E-state index in [9.17, 15) is 14.4 Å². The molecule has 21 heavy (non-hydrogen) atoms. The van der Waals surface area contributed by atoms with Crippen molar-refractivity contribution in [1.82, 2.24) is 25.9 Å². The normalized spacial score (nSPS) is 11.5. The molecule has 0 radical (unpaired) electrons. The minimum absolute atomic E-state index is 0.0742. The number of aromatic amines is 1. The molecule has 0 fully saturated rings. The molecule has 5 N–H and O–H groups in total. The highest BCUT2D eigenvalue weighted by molar-refractivity contribution is 5.86. The van der Waals surface area contributed by atoms with Crippen molar-refractivity contribution in [2.24, 2.45) is 0 Å². The number of urea groups is 1. The van der Waals surface area contributed by atoms with E-state index in [1.807, 2.05) is 6.92 Å². The molecule has 9 nitrogen and oxygen atoms in total. The highest BCUT2D eigenvalue weighted by atomic mass is 16.4. The first-order valence-electron chi connectivity index (χ1n) is 6.54. The van der Waals surface area contributed by atoms with Gasteiger partial charge in [0.2, 0.25) is 5.91 Å². The molecule has 0 saturated carbocycles. The molecule has 1 atom stereocenters. The molecule has 1 heterocycles. The summed E-state index contributed by atoms with van der Waals surface area (Å²) in [6.45, 7) is 2.23. The van der Waals surface area contributed by atoms with E-state index in [1.165, 1.54) is 12.5 Å². The van der Waals surface area contributed by atoms with Gasteiger partial charge in [0.15, 0.2) is 0 Å². The molecule has 0 aliphatic heterocycles. The number of hydrogen-bond acceptors (Lipinski definition) is 4. The Morgan fingerprint density at radius 3 is 2.71 bits per heavy atom. The van der Waals surface area contributed by atoms with E-state index in [0.29, 0.717) is 12.2 Å². The Morgan fingerprint density at radius 2 is 2.14 bits per heavy atom. The fourth-order valence-electron chi connectivity index (χ4n) is 1.51. The Morgan fingerprint density at radius 1 is 1.38 bits per heavy atom. The van der Waals surface area contributed by atoms with E-state index in [0.717, 1.165) is 6.42 Å². The van der Waals surface area contributed by atoms with Crippen LogP contribution >= 0.6 is 0 Å². The van der Waals surface area contributed by atoms with Crippen molar-refractivity contribution in [1.29, 1.82) is 0 Å². The molecule has 1 unspecified atom stereocenters. The summed E-state index contributed by atoms with van der Waals surface area (Å²) < 4.78 is 0. The first-order chi connectivity index (χ1) is 10.0. The summed E-state index contributed by atoms with van der Waals surface area (Å²) in [5.41, 5.74) is 0.586. The molecule has 1 aromatic rings. The lowest BCUT2D eigenvalue weighted by Gasteiger charge is -2.14. The zero-order valence-corrected chi connectivity index (χ0v) is 11.7. The van der Waals surface area contributed by atoms with Crippen molar-refractivity contribution in [3.8, 4) is 0 Å². The Kier molecular flexibility index (Phi) is 6.72. The zero-order valence-electron chi connectivity index (χ0n) is 11.7. The monoisotopic (exact) mass is 297 g/mol. The summed E-state index contributed by atoms with van der Waals surface area (Å²) in [5, 5.41) is 16.2.